The number of hydrogen-bond donors (Lipinski definition) is 2. The fraction of sp³-hybridized carbons (Fsp3) is 0.385. The van der Waals surface area contributed by atoms with Gasteiger partial charge in [0.25, 0.3) is 5.69 Å². The number of nitro groups is 1. The van der Waals surface area contributed by atoms with E-state index in [0.29, 0.717) is 18.8 Å². The van der Waals surface area contributed by atoms with Gasteiger partial charge in [-0.05, 0) is 18.6 Å². The Balaban J connectivity index is 2.22. The number of carbonyl (C=O) groups excluding carboxylic acids is 1. The van der Waals surface area contributed by atoms with Gasteiger partial charge in [-0.25, -0.2) is 4.79 Å². The van der Waals surface area contributed by atoms with Crippen molar-refractivity contribution in [1.29, 1.82) is 0 Å². The van der Waals surface area contributed by atoms with Crippen LogP contribution in [0.25, 0.3) is 0 Å². The molecule has 1 atom stereocenters. The van der Waals surface area contributed by atoms with E-state index in [1.54, 1.807) is 6.07 Å². The summed E-state index contributed by atoms with van der Waals surface area (Å²) < 4.78 is 0. The van der Waals surface area contributed by atoms with Gasteiger partial charge < -0.3 is 15.3 Å². The number of nitro benzene ring substituents is 1. The summed E-state index contributed by atoms with van der Waals surface area (Å²) in [5.41, 5.74) is -0.177. The fourth-order valence-electron chi connectivity index (χ4n) is 2.45. The molecule has 0 bridgehead atoms. The highest BCUT2D eigenvalue weighted by Gasteiger charge is 2.26. The van der Waals surface area contributed by atoms with Crippen LogP contribution >= 0.6 is 0 Å². The van der Waals surface area contributed by atoms with Crippen LogP contribution in [0.3, 0.4) is 0 Å². The van der Waals surface area contributed by atoms with Crippen LogP contribution in [0.5, 0.6) is 0 Å². The molecule has 1 amide bonds. The van der Waals surface area contributed by atoms with Crippen molar-refractivity contribution in [1.82, 2.24) is 5.32 Å². The topological polar surface area (TPSA) is 113 Å². The molecule has 0 aliphatic carbocycles. The molecule has 1 aliphatic heterocycles. The standard InChI is InChI=1S/C13H15N3O5/c1-8(17)14-9-4-5-15(7-9)10-2-3-11(13(18)19)12(6-10)16(20)21/h2-3,6,9H,4-5,7H2,1H3,(H,14,17)(H,18,19). The van der Waals surface area contributed by atoms with Crippen molar-refractivity contribution in [3.05, 3.63) is 33.9 Å². The summed E-state index contributed by atoms with van der Waals surface area (Å²) >= 11 is 0. The summed E-state index contributed by atoms with van der Waals surface area (Å²) in [5.74, 6) is -1.44. The maximum atomic E-state index is 11.0. The molecule has 0 spiro atoms. The number of nitrogens with zero attached hydrogens (tertiary/aromatic N) is 2. The van der Waals surface area contributed by atoms with Crippen molar-refractivity contribution in [2.75, 3.05) is 18.0 Å². The highest BCUT2D eigenvalue weighted by Crippen LogP contribution is 2.28. The largest absolute Gasteiger partial charge is 0.477 e. The first-order chi connectivity index (χ1) is 9.88. The smallest absolute Gasteiger partial charge is 0.342 e. The number of aromatic carboxylic acids is 1. The lowest BCUT2D eigenvalue weighted by Crippen LogP contribution is -2.35. The summed E-state index contributed by atoms with van der Waals surface area (Å²) in [4.78, 5) is 34.1. The first-order valence-corrected chi connectivity index (χ1v) is 6.42. The molecule has 2 N–H and O–H groups in total. The van der Waals surface area contributed by atoms with E-state index in [2.05, 4.69) is 5.32 Å². The van der Waals surface area contributed by atoms with Gasteiger partial charge in [0.1, 0.15) is 5.56 Å². The minimum Gasteiger partial charge on any atom is -0.477 e. The van der Waals surface area contributed by atoms with Gasteiger partial charge in [-0.2, -0.15) is 0 Å². The molecular weight excluding hydrogens is 278 g/mol. The molecule has 1 aromatic carbocycles. The van der Waals surface area contributed by atoms with Gasteiger partial charge in [0.15, 0.2) is 0 Å². The third-order valence-corrected chi connectivity index (χ3v) is 3.37. The zero-order valence-corrected chi connectivity index (χ0v) is 11.4. The van der Waals surface area contributed by atoms with Crippen LogP contribution in [0, 0.1) is 10.1 Å². The zero-order chi connectivity index (χ0) is 15.6. The lowest BCUT2D eigenvalue weighted by atomic mass is 10.1. The summed E-state index contributed by atoms with van der Waals surface area (Å²) in [5, 5.41) is 22.7. The molecule has 0 aromatic heterocycles. The van der Waals surface area contributed by atoms with E-state index in [9.17, 15) is 19.7 Å². The Bertz CT molecular complexity index is 601. The fourth-order valence-corrected chi connectivity index (χ4v) is 2.45. The summed E-state index contributed by atoms with van der Waals surface area (Å²) in [6, 6.07) is 4.05. The molecule has 8 heteroatoms. The van der Waals surface area contributed by atoms with Gasteiger partial charge in [-0.1, -0.05) is 0 Å². The third kappa shape index (κ3) is 3.28. The third-order valence-electron chi connectivity index (χ3n) is 3.37. The number of amides is 1. The molecule has 21 heavy (non-hydrogen) atoms. The molecule has 1 fully saturated rings. The van der Waals surface area contributed by atoms with Gasteiger partial charge in [-0.3, -0.25) is 14.9 Å². The van der Waals surface area contributed by atoms with Crippen LogP contribution in [-0.2, 0) is 4.79 Å². The molecule has 0 radical (unpaired) electrons. The number of carbonyl (C=O) groups is 2. The molecule has 1 heterocycles. The predicted molar refractivity (Wildman–Crippen MR) is 74.5 cm³/mol. The SMILES string of the molecule is CC(=O)NC1CCN(c2ccc(C(=O)O)c([N+](=O)[O-])c2)C1. The number of carboxylic acids is 1. The molecular formula is C13H15N3O5. The Hall–Kier alpha value is -2.64. The predicted octanol–water partition coefficient (Wildman–Crippen LogP) is 1.01. The van der Waals surface area contributed by atoms with E-state index in [4.69, 9.17) is 5.11 Å². The lowest BCUT2D eigenvalue weighted by Gasteiger charge is -2.19. The number of benzene rings is 1. The minimum atomic E-state index is -1.33. The Labute approximate surface area is 120 Å². The Morgan fingerprint density at radius 1 is 1.48 bits per heavy atom. The molecule has 112 valence electrons. The van der Waals surface area contributed by atoms with Crippen LogP contribution in [0.15, 0.2) is 18.2 Å². The lowest BCUT2D eigenvalue weighted by molar-refractivity contribution is -0.385. The van der Waals surface area contributed by atoms with Crippen molar-refractivity contribution in [2.45, 2.75) is 19.4 Å². The normalized spacial score (nSPS) is 17.6. The minimum absolute atomic E-state index is 0.000654. The summed E-state index contributed by atoms with van der Waals surface area (Å²) in [6.07, 6.45) is 0.744. The van der Waals surface area contributed by atoms with Crippen molar-refractivity contribution in [3.8, 4) is 0 Å². The van der Waals surface area contributed by atoms with Gasteiger partial charge in [0, 0.05) is 37.8 Å². The van der Waals surface area contributed by atoms with Gasteiger partial charge in [0.05, 0.1) is 4.92 Å². The average Bonchev–Trinajstić information content (AvgIpc) is 2.85. The number of nitrogens with one attached hydrogen (secondary N) is 1. The Morgan fingerprint density at radius 2 is 2.19 bits per heavy atom. The first kappa shape index (κ1) is 14.8. The average molecular weight is 293 g/mol. The van der Waals surface area contributed by atoms with E-state index in [1.165, 1.54) is 19.1 Å². The molecule has 1 saturated heterocycles. The number of anilines is 1. The first-order valence-electron chi connectivity index (χ1n) is 6.42. The van der Waals surface area contributed by atoms with E-state index >= 15 is 0 Å². The molecule has 0 saturated carbocycles. The van der Waals surface area contributed by atoms with Crippen LogP contribution in [-0.4, -0.2) is 41.0 Å². The van der Waals surface area contributed by atoms with Crippen LogP contribution in [0.2, 0.25) is 0 Å². The van der Waals surface area contributed by atoms with Crippen molar-refractivity contribution >= 4 is 23.3 Å². The van der Waals surface area contributed by atoms with Crippen LogP contribution in [0.4, 0.5) is 11.4 Å². The van der Waals surface area contributed by atoms with Crippen molar-refractivity contribution in [3.63, 3.8) is 0 Å². The molecule has 1 aliphatic rings. The number of hydrogen-bond acceptors (Lipinski definition) is 5. The highest BCUT2D eigenvalue weighted by molar-refractivity contribution is 5.93. The van der Waals surface area contributed by atoms with Gasteiger partial charge in [-0.15, -0.1) is 0 Å². The molecule has 8 nitrogen and oxygen atoms in total. The zero-order valence-electron chi connectivity index (χ0n) is 11.4. The van der Waals surface area contributed by atoms with Crippen LogP contribution in [0.1, 0.15) is 23.7 Å². The molecule has 1 unspecified atom stereocenters. The maximum absolute atomic E-state index is 11.0. The second kappa shape index (κ2) is 5.78. The maximum Gasteiger partial charge on any atom is 0.342 e. The second-order valence-corrected chi connectivity index (χ2v) is 4.90. The van der Waals surface area contributed by atoms with Gasteiger partial charge >= 0.3 is 5.97 Å². The summed E-state index contributed by atoms with van der Waals surface area (Å²) in [7, 11) is 0. The van der Waals surface area contributed by atoms with Crippen molar-refractivity contribution < 1.29 is 19.6 Å². The molecule has 1 aromatic rings. The molecule has 2 rings (SSSR count). The van der Waals surface area contributed by atoms with Gasteiger partial charge in [0.2, 0.25) is 5.91 Å². The highest BCUT2D eigenvalue weighted by atomic mass is 16.6. The van der Waals surface area contributed by atoms with Crippen molar-refractivity contribution in [2.24, 2.45) is 0 Å². The van der Waals surface area contributed by atoms with E-state index in [1.807, 2.05) is 4.90 Å². The number of carboxylic acid groups (broad SMARTS) is 1. The summed E-state index contributed by atoms with van der Waals surface area (Å²) in [6.45, 7) is 2.63. The second-order valence-electron chi connectivity index (χ2n) is 4.90. The van der Waals surface area contributed by atoms with E-state index in [-0.39, 0.29) is 17.5 Å². The Kier molecular flexibility index (Phi) is 4.06. The quantitative estimate of drug-likeness (QED) is 0.632. The van der Waals surface area contributed by atoms with E-state index in [0.717, 1.165) is 6.42 Å². The van der Waals surface area contributed by atoms with Crippen LogP contribution < -0.4 is 10.2 Å². The Morgan fingerprint density at radius 3 is 2.76 bits per heavy atom. The van der Waals surface area contributed by atoms with E-state index < -0.39 is 16.6 Å². The number of rotatable bonds is 4. The monoisotopic (exact) mass is 293 g/mol.